The summed E-state index contributed by atoms with van der Waals surface area (Å²) in [7, 11) is 0. The molecule has 1 aliphatic rings. The monoisotopic (exact) mass is 248 g/mol. The van der Waals surface area contributed by atoms with Crippen molar-refractivity contribution in [3.8, 4) is 0 Å². The zero-order valence-electron chi connectivity index (χ0n) is 10.9. The Hall–Kier alpha value is -1.35. The summed E-state index contributed by atoms with van der Waals surface area (Å²) in [6.45, 7) is 3.28. The second-order valence-electron chi connectivity index (χ2n) is 4.71. The normalized spacial score (nSPS) is 17.5. The maximum atomic E-state index is 11.7. The van der Waals surface area contributed by atoms with E-state index in [9.17, 15) is 4.79 Å². The van der Waals surface area contributed by atoms with Crippen LogP contribution >= 0.6 is 0 Å². The second kappa shape index (κ2) is 6.55. The number of carbonyl (C=O) groups excluding carboxylic acids is 1. The molecule has 0 saturated carbocycles. The molecule has 1 atom stereocenters. The lowest BCUT2D eigenvalue weighted by atomic mass is 10.1. The molecule has 2 rings (SSSR count). The third kappa shape index (κ3) is 4.15. The lowest BCUT2D eigenvalue weighted by molar-refractivity contribution is 0.0476. The number of benzene rings is 1. The summed E-state index contributed by atoms with van der Waals surface area (Å²) < 4.78 is 10.1. The highest BCUT2D eigenvalue weighted by molar-refractivity contribution is 5.89. The number of rotatable bonds is 7. The first kappa shape index (κ1) is 13.1. The minimum atomic E-state index is -0.259. The number of ether oxygens (including phenoxy) is 2. The Labute approximate surface area is 108 Å². The topological polar surface area (TPSA) is 38.8 Å². The molecule has 0 radical (unpaired) electrons. The first-order chi connectivity index (χ1) is 8.79. The highest BCUT2D eigenvalue weighted by atomic mass is 16.6. The standard InChI is InChI=1S/C15H20O3/c1-2-3-4-5-12-6-8-13(9-7-12)15(16)18-11-14-10-17-14/h6-9,14H,2-5,10-11H2,1H3. The third-order valence-electron chi connectivity index (χ3n) is 3.06. The zero-order valence-corrected chi connectivity index (χ0v) is 10.9. The largest absolute Gasteiger partial charge is 0.459 e. The molecule has 0 bridgehead atoms. The van der Waals surface area contributed by atoms with E-state index >= 15 is 0 Å². The summed E-state index contributed by atoms with van der Waals surface area (Å²) in [5.41, 5.74) is 1.90. The van der Waals surface area contributed by atoms with Gasteiger partial charge in [-0.1, -0.05) is 31.9 Å². The van der Waals surface area contributed by atoms with Gasteiger partial charge in [-0.2, -0.15) is 0 Å². The van der Waals surface area contributed by atoms with Crippen molar-refractivity contribution < 1.29 is 14.3 Å². The molecule has 0 aliphatic carbocycles. The van der Waals surface area contributed by atoms with Crippen LogP contribution in [-0.4, -0.2) is 25.3 Å². The summed E-state index contributed by atoms with van der Waals surface area (Å²) in [6, 6.07) is 7.72. The second-order valence-corrected chi connectivity index (χ2v) is 4.71. The average molecular weight is 248 g/mol. The molecule has 0 N–H and O–H groups in total. The Morgan fingerprint density at radius 3 is 2.67 bits per heavy atom. The van der Waals surface area contributed by atoms with Crippen LogP contribution in [0, 0.1) is 0 Å². The van der Waals surface area contributed by atoms with Crippen molar-refractivity contribution in [2.75, 3.05) is 13.2 Å². The van der Waals surface area contributed by atoms with E-state index < -0.39 is 0 Å². The van der Waals surface area contributed by atoms with Gasteiger partial charge in [0.15, 0.2) is 0 Å². The molecule has 0 amide bonds. The van der Waals surface area contributed by atoms with Crippen molar-refractivity contribution in [2.45, 2.75) is 38.7 Å². The van der Waals surface area contributed by atoms with Crippen molar-refractivity contribution in [3.63, 3.8) is 0 Å². The SMILES string of the molecule is CCCCCc1ccc(C(=O)OCC2CO2)cc1. The van der Waals surface area contributed by atoms with Crippen LogP contribution in [0.25, 0.3) is 0 Å². The van der Waals surface area contributed by atoms with Crippen LogP contribution in [0.4, 0.5) is 0 Å². The lowest BCUT2D eigenvalue weighted by Crippen LogP contribution is -2.09. The first-order valence-corrected chi connectivity index (χ1v) is 6.67. The van der Waals surface area contributed by atoms with Gasteiger partial charge in [-0.05, 0) is 30.5 Å². The smallest absolute Gasteiger partial charge is 0.338 e. The van der Waals surface area contributed by atoms with E-state index in [1.807, 2.05) is 24.3 Å². The fourth-order valence-corrected chi connectivity index (χ4v) is 1.80. The van der Waals surface area contributed by atoms with E-state index in [4.69, 9.17) is 9.47 Å². The summed E-state index contributed by atoms with van der Waals surface area (Å²) in [5.74, 6) is -0.259. The lowest BCUT2D eigenvalue weighted by Gasteiger charge is -2.04. The maximum Gasteiger partial charge on any atom is 0.338 e. The number of epoxide rings is 1. The Kier molecular flexibility index (Phi) is 4.76. The molecule has 1 aromatic carbocycles. The Bertz CT molecular complexity index is 379. The van der Waals surface area contributed by atoms with E-state index in [-0.39, 0.29) is 12.1 Å². The number of hydrogen-bond acceptors (Lipinski definition) is 3. The van der Waals surface area contributed by atoms with Crippen molar-refractivity contribution in [2.24, 2.45) is 0 Å². The van der Waals surface area contributed by atoms with Crippen LogP contribution in [0.15, 0.2) is 24.3 Å². The van der Waals surface area contributed by atoms with Crippen LogP contribution in [0.1, 0.15) is 42.1 Å². The summed E-state index contributed by atoms with van der Waals surface area (Å²) in [4.78, 5) is 11.7. The minimum Gasteiger partial charge on any atom is -0.459 e. The van der Waals surface area contributed by atoms with Crippen molar-refractivity contribution in [3.05, 3.63) is 35.4 Å². The minimum absolute atomic E-state index is 0.127. The van der Waals surface area contributed by atoms with Crippen molar-refractivity contribution in [1.29, 1.82) is 0 Å². The average Bonchev–Trinajstić information content (AvgIpc) is 3.21. The molecule has 0 aromatic heterocycles. The molecule has 3 nitrogen and oxygen atoms in total. The first-order valence-electron chi connectivity index (χ1n) is 6.67. The molecule has 1 unspecified atom stereocenters. The molecule has 1 aromatic rings. The molecule has 1 saturated heterocycles. The number of carbonyl (C=O) groups is 1. The van der Waals surface area contributed by atoms with Gasteiger partial charge >= 0.3 is 5.97 Å². The fourth-order valence-electron chi connectivity index (χ4n) is 1.80. The van der Waals surface area contributed by atoms with Crippen LogP contribution < -0.4 is 0 Å². The highest BCUT2D eigenvalue weighted by Crippen LogP contribution is 2.12. The third-order valence-corrected chi connectivity index (χ3v) is 3.06. The van der Waals surface area contributed by atoms with Gasteiger partial charge in [-0.15, -0.1) is 0 Å². The summed E-state index contributed by atoms with van der Waals surface area (Å²) in [6.07, 6.45) is 4.90. The van der Waals surface area contributed by atoms with Gasteiger partial charge in [0.25, 0.3) is 0 Å². The van der Waals surface area contributed by atoms with Crippen LogP contribution in [0.5, 0.6) is 0 Å². The molecule has 1 heterocycles. The number of esters is 1. The maximum absolute atomic E-state index is 11.7. The molecule has 3 heteroatoms. The van der Waals surface area contributed by atoms with Gasteiger partial charge < -0.3 is 9.47 Å². The number of hydrogen-bond donors (Lipinski definition) is 0. The van der Waals surface area contributed by atoms with Gasteiger partial charge in [0.2, 0.25) is 0 Å². The Morgan fingerprint density at radius 2 is 2.06 bits per heavy atom. The summed E-state index contributed by atoms with van der Waals surface area (Å²) in [5, 5.41) is 0. The predicted molar refractivity (Wildman–Crippen MR) is 69.7 cm³/mol. The Balaban J connectivity index is 1.79. The van der Waals surface area contributed by atoms with E-state index in [1.165, 1.54) is 24.8 Å². The van der Waals surface area contributed by atoms with E-state index in [1.54, 1.807) is 0 Å². The quantitative estimate of drug-likeness (QED) is 0.423. The number of unbranched alkanes of at least 4 members (excludes halogenated alkanes) is 2. The van der Waals surface area contributed by atoms with Gasteiger partial charge in [-0.25, -0.2) is 4.79 Å². The zero-order chi connectivity index (χ0) is 12.8. The van der Waals surface area contributed by atoms with Gasteiger partial charge in [-0.3, -0.25) is 0 Å². The molecular formula is C15H20O3. The molecular weight excluding hydrogens is 228 g/mol. The van der Waals surface area contributed by atoms with Crippen molar-refractivity contribution in [1.82, 2.24) is 0 Å². The number of aryl methyl sites for hydroxylation is 1. The predicted octanol–water partition coefficient (Wildman–Crippen LogP) is 2.97. The van der Waals surface area contributed by atoms with E-state index in [0.717, 1.165) is 6.42 Å². The van der Waals surface area contributed by atoms with Crippen LogP contribution in [0.2, 0.25) is 0 Å². The molecule has 0 spiro atoms. The molecule has 1 aliphatic heterocycles. The van der Waals surface area contributed by atoms with Crippen LogP contribution in [0.3, 0.4) is 0 Å². The van der Waals surface area contributed by atoms with Gasteiger partial charge in [0, 0.05) is 0 Å². The molecule has 1 fully saturated rings. The van der Waals surface area contributed by atoms with Crippen molar-refractivity contribution >= 4 is 5.97 Å². The van der Waals surface area contributed by atoms with Crippen LogP contribution in [-0.2, 0) is 15.9 Å². The van der Waals surface area contributed by atoms with Gasteiger partial charge in [0.1, 0.15) is 12.7 Å². The summed E-state index contributed by atoms with van der Waals surface area (Å²) >= 11 is 0. The van der Waals surface area contributed by atoms with Gasteiger partial charge in [0.05, 0.1) is 12.2 Å². The molecule has 18 heavy (non-hydrogen) atoms. The highest BCUT2D eigenvalue weighted by Gasteiger charge is 2.24. The van der Waals surface area contributed by atoms with E-state index in [0.29, 0.717) is 18.8 Å². The Morgan fingerprint density at radius 1 is 1.33 bits per heavy atom. The molecule has 98 valence electrons. The van der Waals surface area contributed by atoms with E-state index in [2.05, 4.69) is 6.92 Å². The fraction of sp³-hybridized carbons (Fsp3) is 0.533.